The highest BCUT2D eigenvalue weighted by molar-refractivity contribution is 6.25. The Hall–Kier alpha value is -2.49. The van der Waals surface area contributed by atoms with Gasteiger partial charge >= 0.3 is 0 Å². The van der Waals surface area contributed by atoms with Crippen LogP contribution in [0.15, 0.2) is 41.9 Å². The molecule has 1 aromatic carbocycles. The number of allylic oxidation sites excluding steroid dienone is 3. The number of carbonyl (C=O) groups excluding carboxylic acids is 1. The molecule has 4 aliphatic rings. The Morgan fingerprint density at radius 1 is 1.31 bits per heavy atom. The van der Waals surface area contributed by atoms with Gasteiger partial charge in [-0.3, -0.25) is 4.79 Å². The number of alkyl halides is 1. The number of aliphatic hydroxyl groups excluding tert-OH is 1. The molecule has 1 heterocycles. The smallest absolute Gasteiger partial charge is 0.258 e. The molecular weight excluding hydrogens is 478 g/mol. The third-order valence-corrected chi connectivity index (χ3v) is 7.99. The Morgan fingerprint density at radius 3 is 2.80 bits per heavy atom. The third-order valence-electron chi connectivity index (χ3n) is 7.66. The van der Waals surface area contributed by atoms with E-state index in [-0.39, 0.29) is 36.1 Å². The van der Waals surface area contributed by atoms with E-state index in [0.717, 1.165) is 12.8 Å². The van der Waals surface area contributed by atoms with E-state index in [1.54, 1.807) is 19.1 Å². The quantitative estimate of drug-likeness (QED) is 0.427. The molecule has 35 heavy (non-hydrogen) atoms. The maximum atomic E-state index is 14.0. The molecule has 2 atom stereocenters. The normalized spacial score (nSPS) is 32.3. The maximum absolute atomic E-state index is 14.0. The van der Waals surface area contributed by atoms with Gasteiger partial charge in [0.05, 0.1) is 34.1 Å². The number of H-pyrrole nitrogens is 1. The molecule has 4 N–H and O–H groups in total. The van der Waals surface area contributed by atoms with Crippen molar-refractivity contribution >= 4 is 28.5 Å². The fourth-order valence-corrected chi connectivity index (χ4v) is 5.54. The number of imidazole rings is 1. The zero-order valence-corrected chi connectivity index (χ0v) is 20.2. The average Bonchev–Trinajstić information content (AvgIpc) is 3.22. The number of aromatic amines is 1. The van der Waals surface area contributed by atoms with Crippen LogP contribution < -0.4 is 10.6 Å². The molecule has 3 saturated carbocycles. The standard InChI is InChI=1S/C25H29ClF2N4O3/c1-23(26)5-4-16(11-19(23)28)35-14-22(34)32-25-8-6-24(7-9-25,12-20(25)33)29-13-21-30-17-3-2-15(27)10-18(17)31-21/h2-4,10-11,20,29,33H,5-9,12-14H2,1H3,(H,30,31)(H,32,34)/t20-,23?,24?,25?/m0/s1. The number of halogens is 3. The van der Waals surface area contributed by atoms with Crippen LogP contribution in [0.4, 0.5) is 8.78 Å². The van der Waals surface area contributed by atoms with E-state index < -0.39 is 22.3 Å². The van der Waals surface area contributed by atoms with Crippen LogP contribution in [-0.2, 0) is 16.1 Å². The summed E-state index contributed by atoms with van der Waals surface area (Å²) in [7, 11) is 0. The molecule has 2 aromatic rings. The van der Waals surface area contributed by atoms with Crippen molar-refractivity contribution in [3.63, 3.8) is 0 Å². The Labute approximate surface area is 207 Å². The minimum Gasteiger partial charge on any atom is -0.484 e. The van der Waals surface area contributed by atoms with Gasteiger partial charge in [0.25, 0.3) is 5.91 Å². The summed E-state index contributed by atoms with van der Waals surface area (Å²) in [5.41, 5.74) is 0.401. The summed E-state index contributed by atoms with van der Waals surface area (Å²) in [5, 5.41) is 17.5. The number of carbonyl (C=O) groups is 1. The van der Waals surface area contributed by atoms with Crippen LogP contribution >= 0.6 is 11.6 Å². The van der Waals surface area contributed by atoms with Crippen LogP contribution in [0.1, 0.15) is 51.3 Å². The summed E-state index contributed by atoms with van der Waals surface area (Å²) in [6, 6.07) is 4.44. The number of nitrogens with one attached hydrogen (secondary N) is 3. The van der Waals surface area contributed by atoms with Gasteiger partial charge in [-0.25, -0.2) is 13.8 Å². The van der Waals surface area contributed by atoms with Crippen molar-refractivity contribution in [1.82, 2.24) is 20.6 Å². The molecule has 2 bridgehead atoms. The van der Waals surface area contributed by atoms with E-state index in [1.165, 1.54) is 18.2 Å². The lowest BCUT2D eigenvalue weighted by Crippen LogP contribution is -2.69. The third kappa shape index (κ3) is 4.81. The number of amides is 1. The van der Waals surface area contributed by atoms with Crippen LogP contribution in [0.5, 0.6) is 0 Å². The zero-order valence-electron chi connectivity index (χ0n) is 19.5. The molecule has 1 aromatic heterocycles. The Kier molecular flexibility index (Phi) is 6.14. The molecular formula is C25H29ClF2N4O3. The topological polar surface area (TPSA) is 99.3 Å². The van der Waals surface area contributed by atoms with E-state index >= 15 is 0 Å². The molecule has 1 unspecified atom stereocenters. The predicted octanol–water partition coefficient (Wildman–Crippen LogP) is 3.88. The molecule has 188 valence electrons. The highest BCUT2D eigenvalue weighted by Gasteiger charge is 2.54. The lowest BCUT2D eigenvalue weighted by Gasteiger charge is -2.56. The van der Waals surface area contributed by atoms with Crippen LogP contribution in [0, 0.1) is 5.82 Å². The van der Waals surface area contributed by atoms with Gasteiger partial charge in [-0.1, -0.05) is 0 Å². The van der Waals surface area contributed by atoms with Crippen LogP contribution in [0.3, 0.4) is 0 Å². The first-order valence-corrected chi connectivity index (χ1v) is 12.2. The average molecular weight is 507 g/mol. The SMILES string of the molecule is CC1(Cl)CC=C(OCC(=O)NC23CCC(NCc4nc5ccc(F)cc5[nH]4)(CC2)C[C@@H]3O)C=C1F. The van der Waals surface area contributed by atoms with Gasteiger partial charge in [0.15, 0.2) is 6.61 Å². The number of hydrogen-bond donors (Lipinski definition) is 4. The fraction of sp³-hybridized carbons (Fsp3) is 0.520. The number of fused-ring (bicyclic) bond motifs is 4. The fourth-order valence-electron chi connectivity index (χ4n) is 5.41. The number of ether oxygens (including phenoxy) is 1. The minimum absolute atomic E-state index is 0.254. The molecule has 0 spiro atoms. The number of hydrogen-bond acceptors (Lipinski definition) is 5. The molecule has 4 aliphatic carbocycles. The zero-order chi connectivity index (χ0) is 24.8. The molecule has 0 aliphatic heterocycles. The summed E-state index contributed by atoms with van der Waals surface area (Å²) in [4.78, 5) is 19.2. The van der Waals surface area contributed by atoms with Gasteiger partial charge in [0.2, 0.25) is 0 Å². The summed E-state index contributed by atoms with van der Waals surface area (Å²) >= 11 is 6.06. The van der Waals surface area contributed by atoms with Gasteiger partial charge < -0.3 is 25.5 Å². The van der Waals surface area contributed by atoms with Crippen LogP contribution in [0.2, 0.25) is 0 Å². The van der Waals surface area contributed by atoms with E-state index in [4.69, 9.17) is 16.3 Å². The monoisotopic (exact) mass is 506 g/mol. The van der Waals surface area contributed by atoms with Crippen molar-refractivity contribution in [1.29, 1.82) is 0 Å². The second-order valence-corrected chi connectivity index (χ2v) is 11.0. The van der Waals surface area contributed by atoms with Gasteiger partial charge in [-0.15, -0.1) is 11.6 Å². The number of aromatic nitrogens is 2. The first kappa shape index (κ1) is 24.2. The Morgan fingerprint density at radius 2 is 2.09 bits per heavy atom. The van der Waals surface area contributed by atoms with Crippen molar-refractivity contribution in [3.05, 3.63) is 53.6 Å². The van der Waals surface area contributed by atoms with Gasteiger partial charge in [0, 0.05) is 11.6 Å². The van der Waals surface area contributed by atoms with Gasteiger partial charge in [0.1, 0.15) is 23.2 Å². The molecule has 0 saturated heterocycles. The van der Waals surface area contributed by atoms with E-state index in [0.29, 0.717) is 42.7 Å². The van der Waals surface area contributed by atoms with Gasteiger partial charge in [-0.2, -0.15) is 0 Å². The summed E-state index contributed by atoms with van der Waals surface area (Å²) < 4.78 is 32.9. The van der Waals surface area contributed by atoms with Crippen molar-refractivity contribution in [2.45, 2.75) is 74.0 Å². The largest absolute Gasteiger partial charge is 0.484 e. The second-order valence-electron chi connectivity index (χ2n) is 10.2. The summed E-state index contributed by atoms with van der Waals surface area (Å²) in [6.07, 6.45) is 5.75. The predicted molar refractivity (Wildman–Crippen MR) is 128 cm³/mol. The minimum atomic E-state index is -1.08. The highest BCUT2D eigenvalue weighted by atomic mass is 35.5. The maximum Gasteiger partial charge on any atom is 0.258 e. The van der Waals surface area contributed by atoms with Crippen LogP contribution in [-0.4, -0.2) is 49.6 Å². The number of rotatable bonds is 7. The van der Waals surface area contributed by atoms with E-state index in [1.807, 2.05) is 0 Å². The highest BCUT2D eigenvalue weighted by Crippen LogP contribution is 2.47. The number of nitrogens with zero attached hydrogens (tertiary/aromatic N) is 1. The Bertz CT molecular complexity index is 1200. The number of benzene rings is 1. The Balaban J connectivity index is 1.15. The van der Waals surface area contributed by atoms with Crippen molar-refractivity contribution in [2.24, 2.45) is 0 Å². The van der Waals surface area contributed by atoms with Crippen molar-refractivity contribution in [3.8, 4) is 0 Å². The first-order chi connectivity index (χ1) is 16.6. The lowest BCUT2D eigenvalue weighted by molar-refractivity contribution is -0.133. The summed E-state index contributed by atoms with van der Waals surface area (Å²) in [6.45, 7) is 1.79. The molecule has 3 fully saturated rings. The molecule has 6 rings (SSSR count). The lowest BCUT2D eigenvalue weighted by atomic mass is 9.60. The molecule has 1 amide bonds. The molecule has 0 radical (unpaired) electrons. The summed E-state index contributed by atoms with van der Waals surface area (Å²) in [5.74, 6) is -0.181. The van der Waals surface area contributed by atoms with Crippen LogP contribution in [0.25, 0.3) is 11.0 Å². The van der Waals surface area contributed by atoms with E-state index in [9.17, 15) is 18.7 Å². The molecule has 10 heteroatoms. The second kappa shape index (κ2) is 8.87. The first-order valence-electron chi connectivity index (χ1n) is 11.9. The molecule has 7 nitrogen and oxygen atoms in total. The van der Waals surface area contributed by atoms with E-state index in [2.05, 4.69) is 20.6 Å². The number of aliphatic hydroxyl groups is 1. The van der Waals surface area contributed by atoms with Gasteiger partial charge in [-0.05, 0) is 69.7 Å². The van der Waals surface area contributed by atoms with Crippen molar-refractivity contribution in [2.75, 3.05) is 6.61 Å². The van der Waals surface area contributed by atoms with Crippen molar-refractivity contribution < 1.29 is 23.4 Å².